The van der Waals surface area contributed by atoms with Crippen LogP contribution in [0.5, 0.6) is 0 Å². The molecule has 0 fully saturated rings. The second-order valence-electron chi connectivity index (χ2n) is 4.22. The number of esters is 1. The first-order valence-corrected chi connectivity index (χ1v) is 5.94. The minimum atomic E-state index is -0.454. The van der Waals surface area contributed by atoms with E-state index in [9.17, 15) is 4.79 Å². The molecular formula is C13H16N4O2. The third-order valence-electron chi connectivity index (χ3n) is 2.81. The normalized spacial score (nSPS) is 10.4. The molecule has 0 saturated heterocycles. The van der Waals surface area contributed by atoms with Crippen LogP contribution < -0.4 is 5.73 Å². The molecule has 0 amide bonds. The molecule has 2 rings (SSSR count). The number of aromatic nitrogens is 3. The Morgan fingerprint density at radius 2 is 2.32 bits per heavy atom. The first kappa shape index (κ1) is 13.1. The van der Waals surface area contributed by atoms with Crippen LogP contribution in [0, 0.1) is 6.92 Å². The zero-order valence-electron chi connectivity index (χ0n) is 11.0. The van der Waals surface area contributed by atoms with Gasteiger partial charge in [0.1, 0.15) is 0 Å². The Bertz CT molecular complexity index is 578. The van der Waals surface area contributed by atoms with Crippen molar-refractivity contribution in [1.82, 2.24) is 14.8 Å². The van der Waals surface area contributed by atoms with Gasteiger partial charge in [0.15, 0.2) is 5.69 Å². The molecular weight excluding hydrogens is 244 g/mol. The highest BCUT2D eigenvalue weighted by atomic mass is 16.5. The maximum Gasteiger partial charge on any atom is 0.358 e. The second-order valence-corrected chi connectivity index (χ2v) is 4.22. The van der Waals surface area contributed by atoms with Crippen LogP contribution in [0.15, 0.2) is 24.5 Å². The Balaban J connectivity index is 1.95. The van der Waals surface area contributed by atoms with E-state index in [1.807, 2.05) is 12.1 Å². The van der Waals surface area contributed by atoms with Gasteiger partial charge in [-0.05, 0) is 18.6 Å². The van der Waals surface area contributed by atoms with Crippen LogP contribution in [0.3, 0.4) is 0 Å². The standard InChI is InChI=1S/C13H16N4O2/c1-9-11(14)12(17(2)16-9)13(18)19-7-5-10-4-3-6-15-8-10/h3-4,6,8H,5,7,14H2,1-2H3. The summed E-state index contributed by atoms with van der Waals surface area (Å²) in [5.41, 5.74) is 8.10. The van der Waals surface area contributed by atoms with Crippen LogP contribution in [0.25, 0.3) is 0 Å². The maximum atomic E-state index is 11.9. The number of nitrogens with two attached hydrogens (primary N) is 1. The number of hydrogen-bond acceptors (Lipinski definition) is 5. The van der Waals surface area contributed by atoms with Gasteiger partial charge in [0.25, 0.3) is 0 Å². The molecule has 100 valence electrons. The summed E-state index contributed by atoms with van der Waals surface area (Å²) in [6.45, 7) is 2.04. The fourth-order valence-corrected chi connectivity index (χ4v) is 1.79. The smallest absolute Gasteiger partial charge is 0.358 e. The number of ether oxygens (including phenoxy) is 1. The summed E-state index contributed by atoms with van der Waals surface area (Å²) in [5, 5.41) is 4.08. The Labute approximate surface area is 111 Å². The summed E-state index contributed by atoms with van der Waals surface area (Å²) in [5.74, 6) is -0.454. The number of carbonyl (C=O) groups is 1. The van der Waals surface area contributed by atoms with Gasteiger partial charge in [0.05, 0.1) is 18.0 Å². The van der Waals surface area contributed by atoms with Crippen molar-refractivity contribution in [2.75, 3.05) is 12.3 Å². The molecule has 2 aromatic heterocycles. The van der Waals surface area contributed by atoms with Gasteiger partial charge in [0, 0.05) is 25.9 Å². The summed E-state index contributed by atoms with van der Waals surface area (Å²) in [6, 6.07) is 3.78. The first-order valence-electron chi connectivity index (χ1n) is 5.94. The molecule has 0 atom stereocenters. The molecule has 0 unspecified atom stereocenters. The van der Waals surface area contributed by atoms with Gasteiger partial charge in [-0.15, -0.1) is 0 Å². The number of anilines is 1. The van der Waals surface area contributed by atoms with E-state index in [0.717, 1.165) is 5.56 Å². The highest BCUT2D eigenvalue weighted by Crippen LogP contribution is 2.16. The van der Waals surface area contributed by atoms with Crippen molar-refractivity contribution in [3.63, 3.8) is 0 Å². The molecule has 0 aliphatic heterocycles. The zero-order chi connectivity index (χ0) is 13.8. The summed E-state index contributed by atoms with van der Waals surface area (Å²) in [6.07, 6.45) is 4.07. The predicted molar refractivity (Wildman–Crippen MR) is 70.6 cm³/mol. The van der Waals surface area contributed by atoms with Crippen molar-refractivity contribution >= 4 is 11.7 Å². The first-order chi connectivity index (χ1) is 9.09. The number of rotatable bonds is 4. The summed E-state index contributed by atoms with van der Waals surface area (Å²) in [7, 11) is 1.67. The minimum absolute atomic E-state index is 0.286. The number of carbonyl (C=O) groups excluding carboxylic acids is 1. The minimum Gasteiger partial charge on any atom is -0.461 e. The van der Waals surface area contributed by atoms with Crippen LogP contribution >= 0.6 is 0 Å². The van der Waals surface area contributed by atoms with Crippen LogP contribution in [0.4, 0.5) is 5.69 Å². The van der Waals surface area contributed by atoms with Gasteiger partial charge in [0.2, 0.25) is 0 Å². The molecule has 2 N–H and O–H groups in total. The summed E-state index contributed by atoms with van der Waals surface area (Å²) in [4.78, 5) is 15.9. The lowest BCUT2D eigenvalue weighted by Gasteiger charge is -2.05. The number of pyridine rings is 1. The van der Waals surface area contributed by atoms with E-state index in [-0.39, 0.29) is 6.61 Å². The van der Waals surface area contributed by atoms with Crippen LogP contribution in [-0.4, -0.2) is 27.3 Å². The van der Waals surface area contributed by atoms with Crippen LogP contribution in [0.1, 0.15) is 21.7 Å². The Kier molecular flexibility index (Phi) is 3.79. The quantitative estimate of drug-likeness (QED) is 0.832. The maximum absolute atomic E-state index is 11.9. The second kappa shape index (κ2) is 5.51. The van der Waals surface area contributed by atoms with Gasteiger partial charge >= 0.3 is 5.97 Å². The van der Waals surface area contributed by atoms with Gasteiger partial charge < -0.3 is 10.5 Å². The van der Waals surface area contributed by atoms with E-state index in [1.165, 1.54) is 4.68 Å². The fraction of sp³-hybridized carbons (Fsp3) is 0.308. The van der Waals surface area contributed by atoms with E-state index in [1.54, 1.807) is 26.4 Å². The van der Waals surface area contributed by atoms with E-state index in [0.29, 0.717) is 23.5 Å². The molecule has 2 heterocycles. The molecule has 19 heavy (non-hydrogen) atoms. The van der Waals surface area contributed by atoms with Gasteiger partial charge in [-0.1, -0.05) is 6.07 Å². The van der Waals surface area contributed by atoms with Crippen molar-refractivity contribution in [2.45, 2.75) is 13.3 Å². The number of hydrogen-bond donors (Lipinski definition) is 1. The lowest BCUT2D eigenvalue weighted by Crippen LogP contribution is -2.14. The van der Waals surface area contributed by atoms with Crippen LogP contribution in [0.2, 0.25) is 0 Å². The average Bonchev–Trinajstić information content (AvgIpc) is 2.64. The van der Waals surface area contributed by atoms with E-state index in [2.05, 4.69) is 10.1 Å². The monoisotopic (exact) mass is 260 g/mol. The van der Waals surface area contributed by atoms with Crippen molar-refractivity contribution in [2.24, 2.45) is 7.05 Å². The Morgan fingerprint density at radius 3 is 2.89 bits per heavy atom. The molecule has 6 nitrogen and oxygen atoms in total. The molecule has 0 spiro atoms. The molecule has 0 aromatic carbocycles. The Morgan fingerprint density at radius 1 is 1.53 bits per heavy atom. The lowest BCUT2D eigenvalue weighted by molar-refractivity contribution is 0.0498. The molecule has 0 bridgehead atoms. The average molecular weight is 260 g/mol. The summed E-state index contributed by atoms with van der Waals surface area (Å²) >= 11 is 0. The van der Waals surface area contributed by atoms with Crippen LogP contribution in [-0.2, 0) is 18.2 Å². The van der Waals surface area contributed by atoms with Crippen molar-refractivity contribution in [3.8, 4) is 0 Å². The predicted octanol–water partition coefficient (Wildman–Crippen LogP) is 1.11. The molecule has 0 saturated carbocycles. The number of nitrogen functional groups attached to an aromatic ring is 1. The third kappa shape index (κ3) is 2.90. The van der Waals surface area contributed by atoms with E-state index >= 15 is 0 Å². The number of nitrogens with zero attached hydrogens (tertiary/aromatic N) is 3. The van der Waals surface area contributed by atoms with Gasteiger partial charge in [-0.2, -0.15) is 5.10 Å². The highest BCUT2D eigenvalue weighted by molar-refractivity contribution is 5.93. The van der Waals surface area contributed by atoms with Crippen molar-refractivity contribution in [3.05, 3.63) is 41.5 Å². The lowest BCUT2D eigenvalue weighted by atomic mass is 10.2. The van der Waals surface area contributed by atoms with Crippen molar-refractivity contribution < 1.29 is 9.53 Å². The molecule has 6 heteroatoms. The molecule has 0 aliphatic carbocycles. The molecule has 0 radical (unpaired) electrons. The van der Waals surface area contributed by atoms with Gasteiger partial charge in [-0.25, -0.2) is 4.79 Å². The summed E-state index contributed by atoms with van der Waals surface area (Å²) < 4.78 is 6.64. The molecule has 0 aliphatic rings. The Hall–Kier alpha value is -2.37. The highest BCUT2D eigenvalue weighted by Gasteiger charge is 2.19. The number of aryl methyl sites for hydroxylation is 2. The SMILES string of the molecule is Cc1nn(C)c(C(=O)OCCc2cccnc2)c1N. The fourth-order valence-electron chi connectivity index (χ4n) is 1.79. The van der Waals surface area contributed by atoms with Crippen molar-refractivity contribution in [1.29, 1.82) is 0 Å². The molecule has 2 aromatic rings. The topological polar surface area (TPSA) is 83.0 Å². The third-order valence-corrected chi connectivity index (χ3v) is 2.81. The largest absolute Gasteiger partial charge is 0.461 e. The zero-order valence-corrected chi connectivity index (χ0v) is 11.0. The van der Waals surface area contributed by atoms with E-state index in [4.69, 9.17) is 10.5 Å². The van der Waals surface area contributed by atoms with E-state index < -0.39 is 5.97 Å². The van der Waals surface area contributed by atoms with Gasteiger partial charge in [-0.3, -0.25) is 9.67 Å².